The predicted molar refractivity (Wildman–Crippen MR) is 98.7 cm³/mol. The molecule has 0 aliphatic heterocycles. The van der Waals surface area contributed by atoms with Gasteiger partial charge in [-0.1, -0.05) is 6.07 Å². The molecule has 0 aliphatic carbocycles. The van der Waals surface area contributed by atoms with Crippen molar-refractivity contribution in [2.24, 2.45) is 0 Å². The second kappa shape index (κ2) is 6.74. The lowest BCUT2D eigenvalue weighted by molar-refractivity contribution is 0.0468. The monoisotopic (exact) mass is 385 g/mol. The van der Waals surface area contributed by atoms with E-state index in [1.807, 2.05) is 17.5 Å². The van der Waals surface area contributed by atoms with Gasteiger partial charge in [-0.2, -0.15) is 0 Å². The van der Waals surface area contributed by atoms with Crippen LogP contribution in [0.25, 0.3) is 20.9 Å². The first kappa shape index (κ1) is 16.5. The molecule has 4 aromatic rings. The molecule has 1 N–H and O–H groups in total. The number of aromatic nitrogens is 1. The number of rotatable bonds is 4. The minimum Gasteiger partial charge on any atom is -0.508 e. The van der Waals surface area contributed by atoms with Gasteiger partial charge in [0.1, 0.15) is 22.9 Å². The Morgan fingerprint density at radius 1 is 1.23 bits per heavy atom. The number of phenolic OH excluding ortho intramolecular Hbond substituents is 1. The zero-order chi connectivity index (χ0) is 18.1. The molecule has 130 valence electrons. The van der Waals surface area contributed by atoms with Crippen LogP contribution in [0.3, 0.4) is 0 Å². The molecule has 0 fully saturated rings. The van der Waals surface area contributed by atoms with Gasteiger partial charge in [0.05, 0.1) is 4.88 Å². The van der Waals surface area contributed by atoms with Crippen molar-refractivity contribution in [2.45, 2.75) is 6.61 Å². The Morgan fingerprint density at radius 3 is 2.92 bits per heavy atom. The number of ether oxygens (including phenoxy) is 1. The first-order valence-corrected chi connectivity index (χ1v) is 9.28. The van der Waals surface area contributed by atoms with Crippen LogP contribution >= 0.6 is 22.7 Å². The van der Waals surface area contributed by atoms with Crippen LogP contribution in [0.1, 0.15) is 16.1 Å². The lowest BCUT2D eigenvalue weighted by atomic mass is 10.1. The largest absolute Gasteiger partial charge is 0.508 e. The molecule has 0 spiro atoms. The van der Waals surface area contributed by atoms with Gasteiger partial charge in [0.2, 0.25) is 0 Å². The average molecular weight is 385 g/mol. The molecule has 0 atom stereocenters. The molecular formula is C18H11NO5S2. The Morgan fingerprint density at radius 2 is 2.12 bits per heavy atom. The van der Waals surface area contributed by atoms with E-state index in [2.05, 4.69) is 4.98 Å². The minimum absolute atomic E-state index is 0.0154. The number of thiazole rings is 1. The van der Waals surface area contributed by atoms with Crippen molar-refractivity contribution < 1.29 is 19.1 Å². The third kappa shape index (κ3) is 3.24. The third-order valence-electron chi connectivity index (χ3n) is 3.62. The molecule has 0 amide bonds. The van der Waals surface area contributed by atoms with E-state index in [9.17, 15) is 14.7 Å². The zero-order valence-corrected chi connectivity index (χ0v) is 14.8. The van der Waals surface area contributed by atoms with Gasteiger partial charge >= 0.3 is 11.6 Å². The van der Waals surface area contributed by atoms with E-state index in [1.165, 1.54) is 29.5 Å². The fourth-order valence-electron chi connectivity index (χ4n) is 2.44. The van der Waals surface area contributed by atoms with Gasteiger partial charge in [-0.05, 0) is 23.6 Å². The number of thiophene rings is 1. The van der Waals surface area contributed by atoms with Crippen molar-refractivity contribution in [1.82, 2.24) is 4.98 Å². The topological polar surface area (TPSA) is 89.6 Å². The van der Waals surface area contributed by atoms with Crippen LogP contribution in [0.5, 0.6) is 5.75 Å². The van der Waals surface area contributed by atoms with Gasteiger partial charge in [-0.3, -0.25) is 0 Å². The Balaban J connectivity index is 1.55. The zero-order valence-electron chi connectivity index (χ0n) is 13.2. The molecule has 1 aromatic carbocycles. The minimum atomic E-state index is -0.581. The molecule has 26 heavy (non-hydrogen) atoms. The maximum absolute atomic E-state index is 12.3. The molecule has 3 aromatic heterocycles. The van der Waals surface area contributed by atoms with Crippen molar-refractivity contribution in [3.8, 4) is 15.6 Å². The highest BCUT2D eigenvalue weighted by Gasteiger charge is 2.15. The fraction of sp³-hybridized carbons (Fsp3) is 0.0556. The van der Waals surface area contributed by atoms with Crippen LogP contribution in [-0.2, 0) is 11.3 Å². The number of benzene rings is 1. The molecule has 4 rings (SSSR count). The maximum Gasteiger partial charge on any atom is 0.358 e. The van der Waals surface area contributed by atoms with E-state index in [4.69, 9.17) is 9.15 Å². The first-order valence-electron chi connectivity index (χ1n) is 7.52. The summed E-state index contributed by atoms with van der Waals surface area (Å²) in [6.07, 6.45) is 0. The summed E-state index contributed by atoms with van der Waals surface area (Å²) in [5, 5.41) is 14.4. The summed E-state index contributed by atoms with van der Waals surface area (Å²) < 4.78 is 10.4. The molecule has 0 radical (unpaired) electrons. The Labute approximate surface area is 154 Å². The summed E-state index contributed by atoms with van der Waals surface area (Å²) in [7, 11) is 0. The van der Waals surface area contributed by atoms with Gasteiger partial charge in [-0.15, -0.1) is 22.7 Å². The summed E-state index contributed by atoms with van der Waals surface area (Å²) in [4.78, 5) is 29.2. The summed E-state index contributed by atoms with van der Waals surface area (Å²) in [5.41, 5.74) is 0.376. The van der Waals surface area contributed by atoms with Gasteiger partial charge in [0, 0.05) is 28.5 Å². The third-order valence-corrected chi connectivity index (χ3v) is 5.50. The standard InChI is InChI=1S/C18H11NO5S2/c20-11-3-4-12-10(6-16(21)24-14(12)7-11)8-23-18(22)13-9-26-17(19-13)15-2-1-5-25-15/h1-7,9,20H,8H2. The van der Waals surface area contributed by atoms with Crippen molar-refractivity contribution in [3.05, 3.63) is 68.8 Å². The fourth-order valence-corrected chi connectivity index (χ4v) is 4.04. The smallest absolute Gasteiger partial charge is 0.358 e. The molecule has 8 heteroatoms. The van der Waals surface area contributed by atoms with Crippen LogP contribution in [0.4, 0.5) is 0 Å². The second-order valence-corrected chi connectivity index (χ2v) is 7.17. The van der Waals surface area contributed by atoms with Crippen LogP contribution in [0.2, 0.25) is 0 Å². The molecule has 6 nitrogen and oxygen atoms in total. The first-order chi connectivity index (χ1) is 12.6. The lowest BCUT2D eigenvalue weighted by Crippen LogP contribution is -2.08. The summed E-state index contributed by atoms with van der Waals surface area (Å²) in [6.45, 7) is -0.0996. The number of nitrogens with zero attached hydrogens (tertiary/aromatic N) is 1. The van der Waals surface area contributed by atoms with Crippen LogP contribution in [0.15, 0.2) is 56.4 Å². The van der Waals surface area contributed by atoms with Crippen molar-refractivity contribution in [1.29, 1.82) is 0 Å². The van der Waals surface area contributed by atoms with E-state index in [1.54, 1.807) is 22.8 Å². The quantitative estimate of drug-likeness (QED) is 0.421. The van der Waals surface area contributed by atoms with Crippen LogP contribution < -0.4 is 5.63 Å². The van der Waals surface area contributed by atoms with Crippen LogP contribution in [0, 0.1) is 0 Å². The maximum atomic E-state index is 12.3. The van der Waals surface area contributed by atoms with E-state index >= 15 is 0 Å². The summed E-state index contributed by atoms with van der Waals surface area (Å²) in [5.74, 6) is -0.581. The number of esters is 1. The van der Waals surface area contributed by atoms with Crippen LogP contribution in [-0.4, -0.2) is 16.1 Å². The highest BCUT2D eigenvalue weighted by molar-refractivity contribution is 7.20. The number of carbonyl (C=O) groups excluding carboxylic acids is 1. The summed E-state index contributed by atoms with van der Waals surface area (Å²) >= 11 is 2.92. The van der Waals surface area contributed by atoms with Crippen molar-refractivity contribution in [3.63, 3.8) is 0 Å². The number of phenols is 1. The normalized spacial score (nSPS) is 10.9. The van der Waals surface area contributed by atoms with Gasteiger partial charge < -0.3 is 14.3 Å². The Kier molecular flexibility index (Phi) is 4.27. The molecule has 3 heterocycles. The molecule has 0 saturated heterocycles. The number of hydrogen-bond acceptors (Lipinski definition) is 8. The highest BCUT2D eigenvalue weighted by Crippen LogP contribution is 2.28. The van der Waals surface area contributed by atoms with E-state index < -0.39 is 11.6 Å². The Hall–Kier alpha value is -2.97. The van der Waals surface area contributed by atoms with Gasteiger partial charge in [0.15, 0.2) is 5.69 Å². The van der Waals surface area contributed by atoms with Crippen molar-refractivity contribution in [2.75, 3.05) is 0 Å². The van der Waals surface area contributed by atoms with E-state index in [-0.39, 0.29) is 23.6 Å². The lowest BCUT2D eigenvalue weighted by Gasteiger charge is -2.06. The second-order valence-electron chi connectivity index (χ2n) is 5.36. The van der Waals surface area contributed by atoms with E-state index in [0.717, 1.165) is 9.88 Å². The molecule has 0 saturated carbocycles. The number of hydrogen-bond donors (Lipinski definition) is 1. The van der Waals surface area contributed by atoms with Gasteiger partial charge in [0.25, 0.3) is 0 Å². The molecule has 0 aliphatic rings. The predicted octanol–water partition coefficient (Wildman–Crippen LogP) is 4.04. The number of fused-ring (bicyclic) bond motifs is 1. The SMILES string of the molecule is O=C(OCc1cc(=O)oc2cc(O)ccc12)c1csc(-c2cccs2)n1. The van der Waals surface area contributed by atoms with Gasteiger partial charge in [-0.25, -0.2) is 14.6 Å². The van der Waals surface area contributed by atoms with Crippen molar-refractivity contribution >= 4 is 39.6 Å². The molecule has 0 bridgehead atoms. The van der Waals surface area contributed by atoms with E-state index in [0.29, 0.717) is 10.9 Å². The number of carbonyl (C=O) groups is 1. The number of aromatic hydroxyl groups is 1. The summed E-state index contributed by atoms with van der Waals surface area (Å²) in [6, 6.07) is 9.54. The molecule has 0 unspecified atom stereocenters. The Bertz CT molecular complexity index is 1140. The molecular weight excluding hydrogens is 374 g/mol. The highest BCUT2D eigenvalue weighted by atomic mass is 32.1. The average Bonchev–Trinajstić information content (AvgIpc) is 3.29.